The molecule has 0 radical (unpaired) electrons. The molecule has 2 heteroatoms. The molecule has 1 aromatic carbocycles. The Bertz CT molecular complexity index is 279. The summed E-state index contributed by atoms with van der Waals surface area (Å²) in [6, 6.07) is 8.21. The van der Waals surface area contributed by atoms with Gasteiger partial charge < -0.3 is 5.73 Å². The van der Waals surface area contributed by atoms with Gasteiger partial charge in [-0.3, -0.25) is 4.90 Å². The SMILES string of the molecule is CCCCCN(CC)Cc1ccc(N)cc1. The molecule has 0 aliphatic carbocycles. The summed E-state index contributed by atoms with van der Waals surface area (Å²) in [4.78, 5) is 2.49. The average Bonchev–Trinajstić information content (AvgIpc) is 2.31. The van der Waals surface area contributed by atoms with Gasteiger partial charge >= 0.3 is 0 Å². The molecule has 0 amide bonds. The Morgan fingerprint density at radius 1 is 1.06 bits per heavy atom. The van der Waals surface area contributed by atoms with Crippen LogP contribution in [0.1, 0.15) is 38.7 Å². The Morgan fingerprint density at radius 2 is 1.75 bits per heavy atom. The fourth-order valence-corrected chi connectivity index (χ4v) is 1.82. The second kappa shape index (κ2) is 7.29. The summed E-state index contributed by atoms with van der Waals surface area (Å²) < 4.78 is 0. The van der Waals surface area contributed by atoms with Gasteiger partial charge in [0.1, 0.15) is 0 Å². The summed E-state index contributed by atoms with van der Waals surface area (Å²) in [5.74, 6) is 0. The van der Waals surface area contributed by atoms with Crippen LogP contribution in [0.15, 0.2) is 24.3 Å². The Kier molecular flexibility index (Phi) is 5.94. The number of nitrogens with zero attached hydrogens (tertiary/aromatic N) is 1. The Labute approximate surface area is 99.5 Å². The van der Waals surface area contributed by atoms with Crippen LogP contribution < -0.4 is 5.73 Å². The van der Waals surface area contributed by atoms with Gasteiger partial charge in [0, 0.05) is 12.2 Å². The third-order valence-electron chi connectivity index (χ3n) is 2.91. The van der Waals surface area contributed by atoms with Crippen LogP contribution >= 0.6 is 0 Å². The molecule has 90 valence electrons. The monoisotopic (exact) mass is 220 g/mol. The topological polar surface area (TPSA) is 29.3 Å². The quantitative estimate of drug-likeness (QED) is 0.564. The Hall–Kier alpha value is -1.02. The maximum absolute atomic E-state index is 5.67. The lowest BCUT2D eigenvalue weighted by Crippen LogP contribution is -2.23. The van der Waals surface area contributed by atoms with Crippen LogP contribution in [0.3, 0.4) is 0 Å². The molecule has 2 nitrogen and oxygen atoms in total. The van der Waals surface area contributed by atoms with E-state index in [-0.39, 0.29) is 0 Å². The number of hydrogen-bond donors (Lipinski definition) is 1. The van der Waals surface area contributed by atoms with E-state index in [1.807, 2.05) is 12.1 Å². The van der Waals surface area contributed by atoms with E-state index < -0.39 is 0 Å². The predicted octanol–water partition coefficient (Wildman–Crippen LogP) is 3.28. The highest BCUT2D eigenvalue weighted by molar-refractivity contribution is 5.39. The van der Waals surface area contributed by atoms with Crippen LogP contribution in [0.5, 0.6) is 0 Å². The first kappa shape index (κ1) is 13.0. The number of rotatable bonds is 7. The van der Waals surface area contributed by atoms with Crippen LogP contribution in [0.25, 0.3) is 0 Å². The van der Waals surface area contributed by atoms with E-state index >= 15 is 0 Å². The van der Waals surface area contributed by atoms with Crippen molar-refractivity contribution in [3.63, 3.8) is 0 Å². The molecule has 0 saturated carbocycles. The second-order valence-electron chi connectivity index (χ2n) is 4.32. The molecule has 1 aromatic rings. The van der Waals surface area contributed by atoms with E-state index in [1.54, 1.807) is 0 Å². The minimum atomic E-state index is 0.845. The zero-order valence-electron chi connectivity index (χ0n) is 10.6. The molecule has 0 atom stereocenters. The highest BCUT2D eigenvalue weighted by Crippen LogP contribution is 2.09. The molecule has 0 saturated heterocycles. The van der Waals surface area contributed by atoms with E-state index in [0.29, 0.717) is 0 Å². The number of benzene rings is 1. The van der Waals surface area contributed by atoms with Gasteiger partial charge in [-0.1, -0.05) is 38.8 Å². The fraction of sp³-hybridized carbons (Fsp3) is 0.571. The number of nitrogen functional groups attached to an aromatic ring is 1. The molecule has 0 bridgehead atoms. The lowest BCUT2D eigenvalue weighted by molar-refractivity contribution is 0.273. The lowest BCUT2D eigenvalue weighted by atomic mass is 10.2. The van der Waals surface area contributed by atoms with Crippen molar-refractivity contribution >= 4 is 5.69 Å². The molecule has 0 heterocycles. The van der Waals surface area contributed by atoms with E-state index in [0.717, 1.165) is 18.8 Å². The molecule has 2 N–H and O–H groups in total. The summed E-state index contributed by atoms with van der Waals surface area (Å²) in [5.41, 5.74) is 7.87. The summed E-state index contributed by atoms with van der Waals surface area (Å²) >= 11 is 0. The molecular weight excluding hydrogens is 196 g/mol. The van der Waals surface area contributed by atoms with Gasteiger partial charge in [-0.05, 0) is 37.2 Å². The maximum Gasteiger partial charge on any atom is 0.0314 e. The Morgan fingerprint density at radius 3 is 2.31 bits per heavy atom. The molecule has 0 unspecified atom stereocenters. The van der Waals surface area contributed by atoms with Crippen molar-refractivity contribution in [2.45, 2.75) is 39.7 Å². The first-order valence-corrected chi connectivity index (χ1v) is 6.33. The zero-order valence-corrected chi connectivity index (χ0v) is 10.6. The van der Waals surface area contributed by atoms with E-state index in [1.165, 1.54) is 31.4 Å². The largest absolute Gasteiger partial charge is 0.399 e. The van der Waals surface area contributed by atoms with Crippen molar-refractivity contribution < 1.29 is 0 Å². The van der Waals surface area contributed by atoms with Crippen molar-refractivity contribution in [3.8, 4) is 0 Å². The van der Waals surface area contributed by atoms with Crippen molar-refractivity contribution in [2.75, 3.05) is 18.8 Å². The highest BCUT2D eigenvalue weighted by atomic mass is 15.1. The summed E-state index contributed by atoms with van der Waals surface area (Å²) in [5, 5.41) is 0. The number of anilines is 1. The standard InChI is InChI=1S/C14H24N2/c1-3-5-6-11-16(4-2)12-13-7-9-14(15)10-8-13/h7-10H,3-6,11-12,15H2,1-2H3. The highest BCUT2D eigenvalue weighted by Gasteiger charge is 2.02. The number of nitrogens with two attached hydrogens (primary N) is 1. The van der Waals surface area contributed by atoms with Gasteiger partial charge in [-0.2, -0.15) is 0 Å². The molecule has 1 rings (SSSR count). The van der Waals surface area contributed by atoms with Gasteiger partial charge in [0.2, 0.25) is 0 Å². The first-order valence-electron chi connectivity index (χ1n) is 6.33. The third-order valence-corrected chi connectivity index (χ3v) is 2.91. The molecule has 0 fully saturated rings. The second-order valence-corrected chi connectivity index (χ2v) is 4.32. The summed E-state index contributed by atoms with van der Waals surface area (Å²) in [7, 11) is 0. The molecule has 16 heavy (non-hydrogen) atoms. The molecule has 0 aliphatic heterocycles. The van der Waals surface area contributed by atoms with E-state index in [2.05, 4.69) is 30.9 Å². The van der Waals surface area contributed by atoms with Crippen LogP contribution in [0.4, 0.5) is 5.69 Å². The van der Waals surface area contributed by atoms with E-state index in [9.17, 15) is 0 Å². The Balaban J connectivity index is 2.40. The van der Waals surface area contributed by atoms with Crippen LogP contribution in [0, 0.1) is 0 Å². The maximum atomic E-state index is 5.67. The molecular formula is C14H24N2. The van der Waals surface area contributed by atoms with Crippen molar-refractivity contribution in [1.82, 2.24) is 4.90 Å². The average molecular weight is 220 g/mol. The third kappa shape index (κ3) is 4.67. The van der Waals surface area contributed by atoms with Crippen LogP contribution in [0.2, 0.25) is 0 Å². The molecule has 0 aromatic heterocycles. The van der Waals surface area contributed by atoms with Crippen molar-refractivity contribution in [1.29, 1.82) is 0 Å². The predicted molar refractivity (Wildman–Crippen MR) is 71.3 cm³/mol. The molecule has 0 aliphatic rings. The van der Waals surface area contributed by atoms with Gasteiger partial charge in [-0.15, -0.1) is 0 Å². The van der Waals surface area contributed by atoms with Gasteiger partial charge in [0.15, 0.2) is 0 Å². The zero-order chi connectivity index (χ0) is 11.8. The summed E-state index contributed by atoms with van der Waals surface area (Å²) in [6.45, 7) is 7.84. The number of hydrogen-bond acceptors (Lipinski definition) is 2. The normalized spacial score (nSPS) is 10.9. The minimum Gasteiger partial charge on any atom is -0.399 e. The number of unbranched alkanes of at least 4 members (excludes halogenated alkanes) is 2. The van der Waals surface area contributed by atoms with Gasteiger partial charge in [-0.25, -0.2) is 0 Å². The van der Waals surface area contributed by atoms with Crippen LogP contribution in [-0.2, 0) is 6.54 Å². The smallest absolute Gasteiger partial charge is 0.0314 e. The summed E-state index contributed by atoms with van der Waals surface area (Å²) in [6.07, 6.45) is 3.93. The van der Waals surface area contributed by atoms with Gasteiger partial charge in [0.25, 0.3) is 0 Å². The minimum absolute atomic E-state index is 0.845. The van der Waals surface area contributed by atoms with Crippen LogP contribution in [-0.4, -0.2) is 18.0 Å². The van der Waals surface area contributed by atoms with E-state index in [4.69, 9.17) is 5.73 Å². The molecule has 0 spiro atoms. The van der Waals surface area contributed by atoms with Crippen molar-refractivity contribution in [2.24, 2.45) is 0 Å². The van der Waals surface area contributed by atoms with Crippen molar-refractivity contribution in [3.05, 3.63) is 29.8 Å². The fourth-order valence-electron chi connectivity index (χ4n) is 1.82. The lowest BCUT2D eigenvalue weighted by Gasteiger charge is -2.20. The van der Waals surface area contributed by atoms with Gasteiger partial charge in [0.05, 0.1) is 0 Å². The first-order chi connectivity index (χ1) is 7.76.